The number of hydrogen-bond acceptors (Lipinski definition) is 4. The van der Waals surface area contributed by atoms with Crippen LogP contribution in [0, 0.1) is 0 Å². The fourth-order valence-electron chi connectivity index (χ4n) is 1.74. The number of aldehydes is 1. The van der Waals surface area contributed by atoms with E-state index in [0.29, 0.717) is 11.9 Å². The van der Waals surface area contributed by atoms with Crippen molar-refractivity contribution in [2.24, 2.45) is 0 Å². The Balaban J connectivity index is 2.26. The molecule has 1 aliphatic heterocycles. The lowest BCUT2D eigenvalue weighted by molar-refractivity contribution is -0.104. The molecule has 0 aromatic heterocycles. The van der Waals surface area contributed by atoms with E-state index in [4.69, 9.17) is 5.11 Å². The molecule has 100 valence electrons. The van der Waals surface area contributed by atoms with E-state index in [1.54, 1.807) is 6.08 Å². The Bertz CT molecular complexity index is 645. The SMILES string of the molecule is O=CC1=CCN(S(=O)(=O)c2ccc(C(=O)O)cc2)C1. The molecule has 0 spiro atoms. The highest BCUT2D eigenvalue weighted by molar-refractivity contribution is 7.89. The molecule has 0 bridgehead atoms. The average Bonchev–Trinajstić information content (AvgIpc) is 2.88. The second-order valence-corrected chi connectivity index (χ2v) is 5.96. The van der Waals surface area contributed by atoms with Crippen molar-refractivity contribution >= 4 is 22.3 Å². The summed E-state index contributed by atoms with van der Waals surface area (Å²) in [6, 6.07) is 4.97. The van der Waals surface area contributed by atoms with Crippen LogP contribution in [0.2, 0.25) is 0 Å². The van der Waals surface area contributed by atoms with Gasteiger partial charge >= 0.3 is 5.97 Å². The van der Waals surface area contributed by atoms with Crippen LogP contribution in [0.3, 0.4) is 0 Å². The molecule has 0 atom stereocenters. The monoisotopic (exact) mass is 281 g/mol. The molecule has 1 N–H and O–H groups in total. The molecule has 0 fully saturated rings. The van der Waals surface area contributed by atoms with Crippen molar-refractivity contribution in [3.05, 3.63) is 41.5 Å². The Morgan fingerprint density at radius 2 is 1.89 bits per heavy atom. The van der Waals surface area contributed by atoms with Crippen molar-refractivity contribution in [3.8, 4) is 0 Å². The van der Waals surface area contributed by atoms with Crippen molar-refractivity contribution < 1.29 is 23.1 Å². The van der Waals surface area contributed by atoms with Gasteiger partial charge in [0.15, 0.2) is 0 Å². The summed E-state index contributed by atoms with van der Waals surface area (Å²) in [6.07, 6.45) is 2.18. The van der Waals surface area contributed by atoms with Crippen LogP contribution in [0.1, 0.15) is 10.4 Å². The smallest absolute Gasteiger partial charge is 0.335 e. The van der Waals surface area contributed by atoms with Gasteiger partial charge in [-0.1, -0.05) is 6.08 Å². The van der Waals surface area contributed by atoms with E-state index in [-0.39, 0.29) is 23.5 Å². The molecule has 0 saturated carbocycles. The molecule has 1 aromatic carbocycles. The predicted molar refractivity (Wildman–Crippen MR) is 66.3 cm³/mol. The number of aromatic carboxylic acids is 1. The number of sulfonamides is 1. The van der Waals surface area contributed by atoms with E-state index in [0.717, 1.165) is 4.31 Å². The van der Waals surface area contributed by atoms with Gasteiger partial charge in [-0.2, -0.15) is 4.31 Å². The van der Waals surface area contributed by atoms with Gasteiger partial charge in [-0.05, 0) is 24.3 Å². The first-order valence-corrected chi connectivity index (χ1v) is 6.87. The van der Waals surface area contributed by atoms with Gasteiger partial charge in [0.2, 0.25) is 10.0 Å². The van der Waals surface area contributed by atoms with E-state index >= 15 is 0 Å². The van der Waals surface area contributed by atoms with Crippen molar-refractivity contribution in [3.63, 3.8) is 0 Å². The zero-order valence-electron chi connectivity index (χ0n) is 9.81. The summed E-state index contributed by atoms with van der Waals surface area (Å²) in [6.45, 7) is 0.198. The third-order valence-corrected chi connectivity index (χ3v) is 4.63. The van der Waals surface area contributed by atoms with Crippen LogP contribution in [0.5, 0.6) is 0 Å². The highest BCUT2D eigenvalue weighted by Crippen LogP contribution is 2.20. The summed E-state index contributed by atoms with van der Waals surface area (Å²) >= 11 is 0. The number of carboxylic acids is 1. The van der Waals surface area contributed by atoms with Crippen LogP contribution in [-0.2, 0) is 14.8 Å². The van der Waals surface area contributed by atoms with Crippen molar-refractivity contribution in [2.75, 3.05) is 13.1 Å². The lowest BCUT2D eigenvalue weighted by Gasteiger charge is -2.15. The third kappa shape index (κ3) is 2.56. The number of carbonyl (C=O) groups is 2. The predicted octanol–water partition coefficient (Wildman–Crippen LogP) is 0.514. The van der Waals surface area contributed by atoms with E-state index in [2.05, 4.69) is 0 Å². The van der Waals surface area contributed by atoms with Gasteiger partial charge in [0.1, 0.15) is 6.29 Å². The Labute approximate surface area is 110 Å². The van der Waals surface area contributed by atoms with Gasteiger partial charge in [0.05, 0.1) is 10.5 Å². The Morgan fingerprint density at radius 3 is 2.37 bits per heavy atom. The van der Waals surface area contributed by atoms with Gasteiger partial charge < -0.3 is 5.11 Å². The molecule has 1 aliphatic rings. The maximum Gasteiger partial charge on any atom is 0.335 e. The van der Waals surface area contributed by atoms with Crippen molar-refractivity contribution in [1.29, 1.82) is 0 Å². The zero-order chi connectivity index (χ0) is 14.0. The first-order valence-electron chi connectivity index (χ1n) is 5.43. The largest absolute Gasteiger partial charge is 0.478 e. The molecular weight excluding hydrogens is 270 g/mol. The molecule has 1 aromatic rings. The molecular formula is C12H11NO5S. The minimum atomic E-state index is -3.69. The fraction of sp³-hybridized carbons (Fsp3) is 0.167. The lowest BCUT2D eigenvalue weighted by atomic mass is 10.2. The Kier molecular flexibility index (Phi) is 3.50. The minimum Gasteiger partial charge on any atom is -0.478 e. The maximum atomic E-state index is 12.2. The zero-order valence-corrected chi connectivity index (χ0v) is 10.6. The van der Waals surface area contributed by atoms with Crippen LogP contribution < -0.4 is 0 Å². The standard InChI is InChI=1S/C12H11NO5S/c14-8-9-5-6-13(7-9)19(17,18)11-3-1-10(2-4-11)12(15)16/h1-5,8H,6-7H2,(H,15,16). The topological polar surface area (TPSA) is 91.8 Å². The average molecular weight is 281 g/mol. The molecule has 0 aliphatic carbocycles. The number of rotatable bonds is 4. The molecule has 0 unspecified atom stereocenters. The van der Waals surface area contributed by atoms with Crippen LogP contribution >= 0.6 is 0 Å². The van der Waals surface area contributed by atoms with Crippen LogP contribution in [0.15, 0.2) is 40.8 Å². The van der Waals surface area contributed by atoms with Crippen molar-refractivity contribution in [2.45, 2.75) is 4.90 Å². The molecule has 6 nitrogen and oxygen atoms in total. The summed E-state index contributed by atoms with van der Waals surface area (Å²) in [5.74, 6) is -1.12. The summed E-state index contributed by atoms with van der Waals surface area (Å²) in [4.78, 5) is 21.3. The lowest BCUT2D eigenvalue weighted by Crippen LogP contribution is -2.29. The van der Waals surface area contributed by atoms with Crippen LogP contribution in [0.25, 0.3) is 0 Å². The molecule has 7 heteroatoms. The highest BCUT2D eigenvalue weighted by Gasteiger charge is 2.27. The summed E-state index contributed by atoms with van der Waals surface area (Å²) in [5, 5.41) is 8.75. The van der Waals surface area contributed by atoms with E-state index in [1.165, 1.54) is 24.3 Å². The number of carbonyl (C=O) groups excluding carboxylic acids is 1. The third-order valence-electron chi connectivity index (χ3n) is 2.81. The van der Waals surface area contributed by atoms with Gasteiger partial charge in [-0.15, -0.1) is 0 Å². The molecule has 19 heavy (non-hydrogen) atoms. The molecule has 1 heterocycles. The first-order chi connectivity index (χ1) is 8.95. The quantitative estimate of drug-likeness (QED) is 0.812. The summed E-state index contributed by atoms with van der Waals surface area (Å²) < 4.78 is 25.6. The Hall–Kier alpha value is -1.99. The molecule has 0 saturated heterocycles. The fourth-order valence-corrected chi connectivity index (χ4v) is 3.11. The molecule has 2 rings (SSSR count). The normalized spacial score (nSPS) is 16.1. The maximum absolute atomic E-state index is 12.2. The van der Waals surface area contributed by atoms with Crippen molar-refractivity contribution in [1.82, 2.24) is 4.31 Å². The first kappa shape index (κ1) is 13.4. The van der Waals surface area contributed by atoms with Crippen LogP contribution in [-0.4, -0.2) is 43.2 Å². The van der Waals surface area contributed by atoms with E-state index in [1.807, 2.05) is 0 Å². The van der Waals surface area contributed by atoms with Gasteiger partial charge in [-0.3, -0.25) is 4.79 Å². The number of hydrogen-bond donors (Lipinski definition) is 1. The second-order valence-electron chi connectivity index (χ2n) is 4.02. The second kappa shape index (κ2) is 4.94. The van der Waals surface area contributed by atoms with Gasteiger partial charge in [0, 0.05) is 18.7 Å². The minimum absolute atomic E-state index is 0.0121. The van der Waals surface area contributed by atoms with Crippen LogP contribution in [0.4, 0.5) is 0 Å². The number of carboxylic acid groups (broad SMARTS) is 1. The molecule has 0 radical (unpaired) electrons. The van der Waals surface area contributed by atoms with Gasteiger partial charge in [0.25, 0.3) is 0 Å². The molecule has 0 amide bonds. The number of benzene rings is 1. The summed E-state index contributed by atoms with van der Waals surface area (Å²) in [5.41, 5.74) is 0.442. The highest BCUT2D eigenvalue weighted by atomic mass is 32.2. The van der Waals surface area contributed by atoms with Gasteiger partial charge in [-0.25, -0.2) is 13.2 Å². The van der Waals surface area contributed by atoms with E-state index < -0.39 is 16.0 Å². The number of nitrogens with zero attached hydrogens (tertiary/aromatic N) is 1. The summed E-state index contributed by atoms with van der Waals surface area (Å²) in [7, 11) is -3.69. The Morgan fingerprint density at radius 1 is 1.26 bits per heavy atom. The van der Waals surface area contributed by atoms with E-state index in [9.17, 15) is 18.0 Å².